The number of benzene rings is 3. The van der Waals surface area contributed by atoms with E-state index in [1.165, 1.54) is 11.1 Å². The van der Waals surface area contributed by atoms with Gasteiger partial charge in [-0.1, -0.05) is 84.9 Å². The van der Waals surface area contributed by atoms with Crippen molar-refractivity contribution in [1.29, 1.82) is 0 Å². The molecule has 0 aliphatic carbocycles. The molecule has 1 aliphatic heterocycles. The van der Waals surface area contributed by atoms with Crippen LogP contribution in [0.1, 0.15) is 67.6 Å². The third-order valence-electron chi connectivity index (χ3n) is 7.34. The summed E-state index contributed by atoms with van der Waals surface area (Å²) in [5.74, 6) is -0.859. The summed E-state index contributed by atoms with van der Waals surface area (Å²) in [6.45, 7) is 6.09. The highest BCUT2D eigenvalue weighted by Gasteiger charge is 2.29. The molecule has 2 N–H and O–H groups in total. The van der Waals surface area contributed by atoms with E-state index >= 15 is 0 Å². The quantitative estimate of drug-likeness (QED) is 0.381. The van der Waals surface area contributed by atoms with Crippen molar-refractivity contribution >= 4 is 5.97 Å². The summed E-state index contributed by atoms with van der Waals surface area (Å²) in [7, 11) is 0. The van der Waals surface area contributed by atoms with E-state index in [4.69, 9.17) is 4.74 Å². The van der Waals surface area contributed by atoms with Crippen molar-refractivity contribution in [2.45, 2.75) is 56.8 Å². The fraction of sp³-hybridized carbons (Fsp3) is 0.387. The Balaban J connectivity index is 1.28. The second-order valence-electron chi connectivity index (χ2n) is 10.2. The van der Waals surface area contributed by atoms with Crippen LogP contribution in [0.25, 0.3) is 0 Å². The Bertz CT molecular complexity index is 1050. The van der Waals surface area contributed by atoms with Crippen LogP contribution in [-0.2, 0) is 14.9 Å². The van der Waals surface area contributed by atoms with Gasteiger partial charge in [0.15, 0.2) is 0 Å². The van der Waals surface area contributed by atoms with E-state index in [1.807, 2.05) is 36.4 Å². The molecule has 0 aromatic heterocycles. The number of aliphatic carboxylic acids is 1. The summed E-state index contributed by atoms with van der Waals surface area (Å²) in [5, 5.41) is 20.1. The molecule has 3 aromatic carbocycles. The molecule has 0 bridgehead atoms. The van der Waals surface area contributed by atoms with Crippen LogP contribution in [0.2, 0.25) is 0 Å². The zero-order valence-electron chi connectivity index (χ0n) is 21.2. The maximum atomic E-state index is 11.5. The van der Waals surface area contributed by atoms with Gasteiger partial charge in [-0.3, -0.25) is 4.79 Å². The molecule has 0 saturated carbocycles. The van der Waals surface area contributed by atoms with Crippen LogP contribution in [0.15, 0.2) is 84.9 Å². The molecule has 4 rings (SSSR count). The number of aliphatic hydroxyl groups is 1. The Kier molecular flexibility index (Phi) is 8.57. The molecular weight excluding hydrogens is 450 g/mol. The van der Waals surface area contributed by atoms with E-state index in [0.717, 1.165) is 43.6 Å². The van der Waals surface area contributed by atoms with Crippen LogP contribution < -0.4 is 0 Å². The monoisotopic (exact) mass is 487 g/mol. The zero-order valence-corrected chi connectivity index (χ0v) is 21.2. The lowest BCUT2D eigenvalue weighted by Crippen LogP contribution is -2.38. The van der Waals surface area contributed by atoms with Gasteiger partial charge in [-0.2, -0.15) is 0 Å². The number of hydrogen-bond donors (Lipinski definition) is 2. The number of likely N-dealkylation sites (tertiary alicyclic amines) is 1. The first-order valence-electron chi connectivity index (χ1n) is 12.8. The summed E-state index contributed by atoms with van der Waals surface area (Å²) in [6, 6.07) is 28.1. The number of ether oxygens (including phenoxy) is 1. The summed E-state index contributed by atoms with van der Waals surface area (Å²) in [5.41, 5.74) is 2.96. The molecule has 1 unspecified atom stereocenters. The average Bonchev–Trinajstić information content (AvgIpc) is 2.92. The lowest BCUT2D eigenvalue weighted by Gasteiger charge is -2.34. The highest BCUT2D eigenvalue weighted by atomic mass is 16.5. The van der Waals surface area contributed by atoms with Crippen molar-refractivity contribution < 1.29 is 19.7 Å². The maximum Gasteiger partial charge on any atom is 0.313 e. The largest absolute Gasteiger partial charge is 0.481 e. The van der Waals surface area contributed by atoms with Gasteiger partial charge in [0.2, 0.25) is 0 Å². The van der Waals surface area contributed by atoms with Crippen LogP contribution in [0.3, 0.4) is 0 Å². The van der Waals surface area contributed by atoms with Crippen LogP contribution in [0, 0.1) is 0 Å². The molecule has 5 heteroatoms. The highest BCUT2D eigenvalue weighted by molar-refractivity contribution is 5.80. The van der Waals surface area contributed by atoms with E-state index in [2.05, 4.69) is 53.4 Å². The van der Waals surface area contributed by atoms with Crippen molar-refractivity contribution in [1.82, 2.24) is 4.90 Å². The predicted octanol–water partition coefficient (Wildman–Crippen LogP) is 5.74. The molecule has 36 heavy (non-hydrogen) atoms. The van der Waals surface area contributed by atoms with E-state index in [0.29, 0.717) is 6.42 Å². The zero-order chi connectivity index (χ0) is 25.5. The number of hydrogen-bond acceptors (Lipinski definition) is 4. The maximum absolute atomic E-state index is 11.5. The molecule has 1 heterocycles. The van der Waals surface area contributed by atoms with E-state index < -0.39 is 17.5 Å². The minimum Gasteiger partial charge on any atom is -0.481 e. The first kappa shape index (κ1) is 26.1. The molecule has 0 amide bonds. The van der Waals surface area contributed by atoms with Gasteiger partial charge >= 0.3 is 5.97 Å². The number of rotatable bonds is 10. The second-order valence-corrected chi connectivity index (χ2v) is 10.2. The Morgan fingerprint density at radius 3 is 1.92 bits per heavy atom. The van der Waals surface area contributed by atoms with E-state index in [1.54, 1.807) is 13.8 Å². The highest BCUT2D eigenvalue weighted by Crippen LogP contribution is 2.30. The van der Waals surface area contributed by atoms with Crippen LogP contribution in [-0.4, -0.2) is 46.8 Å². The topological polar surface area (TPSA) is 70.0 Å². The van der Waals surface area contributed by atoms with Gasteiger partial charge in [-0.05, 0) is 55.4 Å². The molecule has 1 saturated heterocycles. The number of carboxylic acids is 1. The first-order valence-corrected chi connectivity index (χ1v) is 12.8. The van der Waals surface area contributed by atoms with Crippen LogP contribution >= 0.6 is 0 Å². The Labute approximate surface area is 214 Å². The molecule has 1 fully saturated rings. The first-order chi connectivity index (χ1) is 17.3. The number of carbonyl (C=O) groups is 1. The smallest absolute Gasteiger partial charge is 0.313 e. The Morgan fingerprint density at radius 2 is 1.42 bits per heavy atom. The molecule has 1 aliphatic rings. The molecule has 0 radical (unpaired) electrons. The number of piperidine rings is 1. The normalized spacial score (nSPS) is 16.2. The standard InChI is InChI=1S/C31H37NO4/c1-31(2,30(34)35)26-15-13-23(14-16-26)28(33)19-22-32-20-17-27(18-21-32)36-29(24-9-5-3-6-10-24)25-11-7-4-8-12-25/h3-16,27-29,33H,17-22H2,1-2H3,(H,34,35). The van der Waals surface area contributed by atoms with Gasteiger partial charge in [-0.15, -0.1) is 0 Å². The molecule has 190 valence electrons. The predicted molar refractivity (Wildman–Crippen MR) is 142 cm³/mol. The van der Waals surface area contributed by atoms with Crippen molar-refractivity contribution in [3.63, 3.8) is 0 Å². The summed E-state index contributed by atoms with van der Waals surface area (Å²) in [6.07, 6.45) is 2.13. The fourth-order valence-electron chi connectivity index (χ4n) is 4.78. The molecule has 5 nitrogen and oxygen atoms in total. The van der Waals surface area contributed by atoms with Gasteiger partial charge in [0.25, 0.3) is 0 Å². The van der Waals surface area contributed by atoms with Gasteiger partial charge in [-0.25, -0.2) is 0 Å². The Morgan fingerprint density at radius 1 is 0.889 bits per heavy atom. The second kappa shape index (κ2) is 11.8. The summed E-state index contributed by atoms with van der Waals surface area (Å²) < 4.78 is 6.64. The molecular formula is C31H37NO4. The van der Waals surface area contributed by atoms with Crippen molar-refractivity contribution in [3.8, 4) is 0 Å². The average molecular weight is 488 g/mol. The molecule has 1 atom stereocenters. The third-order valence-corrected chi connectivity index (χ3v) is 7.34. The lowest BCUT2D eigenvalue weighted by atomic mass is 9.84. The third kappa shape index (κ3) is 6.41. The van der Waals surface area contributed by atoms with Crippen molar-refractivity contribution in [3.05, 3.63) is 107 Å². The van der Waals surface area contributed by atoms with Gasteiger partial charge in [0, 0.05) is 19.6 Å². The van der Waals surface area contributed by atoms with Gasteiger partial charge in [0.05, 0.1) is 17.6 Å². The van der Waals surface area contributed by atoms with E-state index in [-0.39, 0.29) is 12.2 Å². The van der Waals surface area contributed by atoms with Crippen LogP contribution in [0.5, 0.6) is 0 Å². The molecule has 0 spiro atoms. The van der Waals surface area contributed by atoms with Gasteiger partial charge in [0.1, 0.15) is 6.10 Å². The molecule has 3 aromatic rings. The number of nitrogens with zero attached hydrogens (tertiary/aromatic N) is 1. The summed E-state index contributed by atoms with van der Waals surface area (Å²) in [4.78, 5) is 13.9. The van der Waals surface area contributed by atoms with Crippen molar-refractivity contribution in [2.24, 2.45) is 0 Å². The lowest BCUT2D eigenvalue weighted by molar-refractivity contribution is -0.142. The SMILES string of the molecule is CC(C)(C(=O)O)c1ccc(C(O)CCN2CCC(OC(c3ccccc3)c3ccccc3)CC2)cc1. The van der Waals surface area contributed by atoms with E-state index in [9.17, 15) is 15.0 Å². The number of carboxylic acid groups (broad SMARTS) is 1. The summed E-state index contributed by atoms with van der Waals surface area (Å²) >= 11 is 0. The minimum atomic E-state index is -0.948. The van der Waals surface area contributed by atoms with Crippen LogP contribution in [0.4, 0.5) is 0 Å². The fourth-order valence-corrected chi connectivity index (χ4v) is 4.78. The number of aliphatic hydroxyl groups excluding tert-OH is 1. The minimum absolute atomic E-state index is 0.0696. The Hall–Kier alpha value is -2.99. The van der Waals surface area contributed by atoms with Crippen molar-refractivity contribution in [2.75, 3.05) is 19.6 Å². The van der Waals surface area contributed by atoms with Gasteiger partial charge < -0.3 is 19.8 Å².